The van der Waals surface area contributed by atoms with Gasteiger partial charge in [-0.3, -0.25) is 9.59 Å². The third kappa shape index (κ3) is 6.74. The second-order valence-electron chi connectivity index (χ2n) is 5.00. The van der Waals surface area contributed by atoms with Crippen LogP contribution in [0.5, 0.6) is 5.75 Å². The highest BCUT2D eigenvalue weighted by atomic mass is 19.1. The van der Waals surface area contributed by atoms with E-state index in [9.17, 15) is 14.0 Å². The van der Waals surface area contributed by atoms with E-state index in [0.29, 0.717) is 18.7 Å². The van der Waals surface area contributed by atoms with E-state index in [1.54, 1.807) is 6.92 Å². The maximum atomic E-state index is 12.7. The second kappa shape index (κ2) is 8.24. The summed E-state index contributed by atoms with van der Waals surface area (Å²) in [4.78, 5) is 22.3. The van der Waals surface area contributed by atoms with Crippen LogP contribution in [0.4, 0.5) is 4.39 Å². The minimum absolute atomic E-state index is 0.0723. The number of aliphatic carboxylic acids is 1. The van der Waals surface area contributed by atoms with Crippen molar-refractivity contribution in [1.82, 2.24) is 5.32 Å². The molecule has 1 amide bonds. The predicted octanol–water partition coefficient (Wildman–Crippen LogP) is 2.21. The zero-order chi connectivity index (χ0) is 15.8. The Balaban J connectivity index is 2.34. The Hall–Kier alpha value is -2.11. The van der Waals surface area contributed by atoms with Gasteiger partial charge in [-0.05, 0) is 43.5 Å². The lowest BCUT2D eigenvalue weighted by molar-refractivity contribution is -0.137. The molecule has 0 saturated carbocycles. The van der Waals surface area contributed by atoms with Crippen LogP contribution in [0.3, 0.4) is 0 Å². The first kappa shape index (κ1) is 16.9. The molecule has 0 bridgehead atoms. The lowest BCUT2D eigenvalue weighted by Gasteiger charge is -2.16. The van der Waals surface area contributed by atoms with Gasteiger partial charge in [0.25, 0.3) is 5.91 Å². The van der Waals surface area contributed by atoms with Crippen molar-refractivity contribution in [3.8, 4) is 5.75 Å². The molecule has 2 N–H and O–H groups in total. The Labute approximate surface area is 123 Å². The lowest BCUT2D eigenvalue weighted by atomic mass is 10.1. The Kier molecular flexibility index (Phi) is 6.65. The SMILES string of the molecule is CC(CCC(=O)O)CNC(=O)C(C)Oc1ccc(F)cc1. The summed E-state index contributed by atoms with van der Waals surface area (Å²) in [6.07, 6.45) is -0.122. The van der Waals surface area contributed by atoms with E-state index in [-0.39, 0.29) is 24.1 Å². The molecule has 0 aromatic heterocycles. The van der Waals surface area contributed by atoms with E-state index in [2.05, 4.69) is 5.32 Å². The number of benzene rings is 1. The fraction of sp³-hybridized carbons (Fsp3) is 0.467. The highest BCUT2D eigenvalue weighted by Crippen LogP contribution is 2.13. The topological polar surface area (TPSA) is 75.6 Å². The third-order valence-electron chi connectivity index (χ3n) is 2.97. The molecule has 6 heteroatoms. The summed E-state index contributed by atoms with van der Waals surface area (Å²) in [5.74, 6) is -1.02. The maximum Gasteiger partial charge on any atom is 0.303 e. The molecule has 116 valence electrons. The minimum atomic E-state index is -0.846. The number of carbonyl (C=O) groups is 2. The summed E-state index contributed by atoms with van der Waals surface area (Å²) in [5.41, 5.74) is 0. The van der Waals surface area contributed by atoms with E-state index in [0.717, 1.165) is 0 Å². The number of hydrogen-bond acceptors (Lipinski definition) is 3. The van der Waals surface area contributed by atoms with Crippen molar-refractivity contribution in [2.75, 3.05) is 6.54 Å². The number of carboxylic acid groups (broad SMARTS) is 1. The molecule has 2 unspecified atom stereocenters. The van der Waals surface area contributed by atoms with Crippen molar-refractivity contribution in [3.05, 3.63) is 30.1 Å². The Morgan fingerprint density at radius 3 is 2.48 bits per heavy atom. The van der Waals surface area contributed by atoms with Gasteiger partial charge in [0.05, 0.1) is 0 Å². The Morgan fingerprint density at radius 1 is 1.29 bits per heavy atom. The fourth-order valence-corrected chi connectivity index (χ4v) is 1.66. The molecule has 0 radical (unpaired) electrons. The van der Waals surface area contributed by atoms with Crippen molar-refractivity contribution in [2.45, 2.75) is 32.8 Å². The Morgan fingerprint density at radius 2 is 1.90 bits per heavy atom. The number of nitrogens with one attached hydrogen (secondary N) is 1. The van der Waals surface area contributed by atoms with Crippen LogP contribution in [-0.2, 0) is 9.59 Å². The summed E-state index contributed by atoms with van der Waals surface area (Å²) in [7, 11) is 0. The van der Waals surface area contributed by atoms with E-state index >= 15 is 0 Å². The van der Waals surface area contributed by atoms with E-state index in [1.807, 2.05) is 6.92 Å². The number of carboxylic acids is 1. The number of rotatable bonds is 8. The molecule has 1 rings (SSSR count). The zero-order valence-corrected chi connectivity index (χ0v) is 12.1. The number of ether oxygens (including phenoxy) is 1. The molecule has 0 fully saturated rings. The van der Waals surface area contributed by atoms with Gasteiger partial charge in [0, 0.05) is 13.0 Å². The molecule has 0 saturated heterocycles. The van der Waals surface area contributed by atoms with Crippen molar-refractivity contribution < 1.29 is 23.8 Å². The molecule has 2 atom stereocenters. The van der Waals surface area contributed by atoms with Gasteiger partial charge < -0.3 is 15.2 Å². The summed E-state index contributed by atoms with van der Waals surface area (Å²) >= 11 is 0. The standard InChI is InChI=1S/C15H20FNO4/c1-10(3-8-14(18)19)9-17-15(20)11(2)21-13-6-4-12(16)5-7-13/h4-7,10-11H,3,8-9H2,1-2H3,(H,17,20)(H,18,19). The lowest BCUT2D eigenvalue weighted by Crippen LogP contribution is -2.38. The van der Waals surface area contributed by atoms with Crippen LogP contribution in [0.25, 0.3) is 0 Å². The maximum absolute atomic E-state index is 12.7. The van der Waals surface area contributed by atoms with Crippen molar-refractivity contribution in [1.29, 1.82) is 0 Å². The normalized spacial score (nSPS) is 13.3. The van der Waals surface area contributed by atoms with Crippen LogP contribution in [0.2, 0.25) is 0 Å². The van der Waals surface area contributed by atoms with Crippen LogP contribution in [0, 0.1) is 11.7 Å². The van der Waals surface area contributed by atoms with E-state index < -0.39 is 12.1 Å². The number of halogens is 1. The first-order valence-electron chi connectivity index (χ1n) is 6.80. The molecule has 5 nitrogen and oxygen atoms in total. The van der Waals surface area contributed by atoms with Gasteiger partial charge in [-0.25, -0.2) is 4.39 Å². The predicted molar refractivity (Wildman–Crippen MR) is 75.5 cm³/mol. The van der Waals surface area contributed by atoms with Crippen molar-refractivity contribution >= 4 is 11.9 Å². The van der Waals surface area contributed by atoms with Gasteiger partial charge >= 0.3 is 5.97 Å². The smallest absolute Gasteiger partial charge is 0.303 e. The third-order valence-corrected chi connectivity index (χ3v) is 2.97. The van der Waals surface area contributed by atoms with Crippen LogP contribution >= 0.6 is 0 Å². The van der Waals surface area contributed by atoms with Gasteiger partial charge in [-0.15, -0.1) is 0 Å². The minimum Gasteiger partial charge on any atom is -0.481 e. The Bertz CT molecular complexity index is 475. The van der Waals surface area contributed by atoms with Gasteiger partial charge in [0.2, 0.25) is 0 Å². The number of amides is 1. The highest BCUT2D eigenvalue weighted by Gasteiger charge is 2.15. The van der Waals surface area contributed by atoms with Gasteiger partial charge in [0.1, 0.15) is 11.6 Å². The summed E-state index contributed by atoms with van der Waals surface area (Å²) in [6.45, 7) is 3.86. The van der Waals surface area contributed by atoms with Crippen molar-refractivity contribution in [2.24, 2.45) is 5.92 Å². The highest BCUT2D eigenvalue weighted by molar-refractivity contribution is 5.80. The van der Waals surface area contributed by atoms with Crippen molar-refractivity contribution in [3.63, 3.8) is 0 Å². The molecule has 0 aliphatic rings. The molecule has 0 aliphatic heterocycles. The summed E-state index contributed by atoms with van der Waals surface area (Å²) < 4.78 is 18.1. The molecule has 1 aromatic rings. The largest absolute Gasteiger partial charge is 0.481 e. The zero-order valence-electron chi connectivity index (χ0n) is 12.1. The van der Waals surface area contributed by atoms with Crippen LogP contribution in [-0.4, -0.2) is 29.6 Å². The van der Waals surface area contributed by atoms with Gasteiger partial charge in [0.15, 0.2) is 6.10 Å². The first-order chi connectivity index (χ1) is 9.88. The quantitative estimate of drug-likeness (QED) is 0.771. The second-order valence-corrected chi connectivity index (χ2v) is 5.00. The molecule has 0 aliphatic carbocycles. The van der Waals surface area contributed by atoms with Crippen LogP contribution in [0.15, 0.2) is 24.3 Å². The fourth-order valence-electron chi connectivity index (χ4n) is 1.66. The molecule has 0 heterocycles. The van der Waals surface area contributed by atoms with E-state index in [4.69, 9.17) is 9.84 Å². The van der Waals surface area contributed by atoms with Gasteiger partial charge in [-0.2, -0.15) is 0 Å². The average molecular weight is 297 g/mol. The molecule has 1 aromatic carbocycles. The molecular formula is C15H20FNO4. The summed E-state index contributed by atoms with van der Waals surface area (Å²) in [6, 6.07) is 5.42. The van der Waals surface area contributed by atoms with Crippen LogP contribution < -0.4 is 10.1 Å². The number of carbonyl (C=O) groups excluding carboxylic acids is 1. The number of hydrogen-bond donors (Lipinski definition) is 2. The molecule has 0 spiro atoms. The molecular weight excluding hydrogens is 277 g/mol. The molecule has 21 heavy (non-hydrogen) atoms. The summed E-state index contributed by atoms with van der Waals surface area (Å²) in [5, 5.41) is 11.3. The average Bonchev–Trinajstić information content (AvgIpc) is 2.44. The van der Waals surface area contributed by atoms with Crippen LogP contribution in [0.1, 0.15) is 26.7 Å². The van der Waals surface area contributed by atoms with E-state index in [1.165, 1.54) is 24.3 Å². The first-order valence-corrected chi connectivity index (χ1v) is 6.80. The monoisotopic (exact) mass is 297 g/mol. The van der Waals surface area contributed by atoms with Gasteiger partial charge in [-0.1, -0.05) is 6.92 Å².